The van der Waals surface area contributed by atoms with Gasteiger partial charge < -0.3 is 5.32 Å². The third kappa shape index (κ3) is 2.95. The Morgan fingerprint density at radius 2 is 1.90 bits per heavy atom. The van der Waals surface area contributed by atoms with E-state index in [4.69, 9.17) is 11.6 Å². The van der Waals surface area contributed by atoms with Crippen LogP contribution in [0.1, 0.15) is 11.1 Å². The van der Waals surface area contributed by atoms with Gasteiger partial charge >= 0.3 is 0 Å². The predicted octanol–water partition coefficient (Wildman–Crippen LogP) is 2.79. The van der Waals surface area contributed by atoms with Gasteiger partial charge in [-0.3, -0.25) is 24.3 Å². The molecule has 2 amide bonds. The summed E-state index contributed by atoms with van der Waals surface area (Å²) in [6.45, 7) is 6.06. The molecule has 2 saturated heterocycles. The summed E-state index contributed by atoms with van der Waals surface area (Å²) in [5.41, 5.74) is 3.35. The Labute approximate surface area is 185 Å². The van der Waals surface area contributed by atoms with Crippen LogP contribution in [0.3, 0.4) is 0 Å². The lowest BCUT2D eigenvalue weighted by Crippen LogP contribution is -2.53. The van der Waals surface area contributed by atoms with Gasteiger partial charge in [-0.1, -0.05) is 35.9 Å². The molecule has 5 rings (SSSR count). The van der Waals surface area contributed by atoms with Gasteiger partial charge in [0.2, 0.25) is 10.8 Å². The lowest BCUT2D eigenvalue weighted by atomic mass is 10.0. The number of thioether (sulfide) groups is 1. The van der Waals surface area contributed by atoms with E-state index in [1.807, 2.05) is 48.2 Å². The number of carbonyl (C=O) groups excluding carboxylic acids is 2. The molecule has 2 fully saturated rings. The number of fused-ring (bicyclic) bond motifs is 2. The molecule has 30 heavy (non-hydrogen) atoms. The maximum absolute atomic E-state index is 14.0. The molecule has 1 atom stereocenters. The standard InChI is InChI=1S/C22H23ClN4O2S/c1-15-6-7-16(12-18(15)23)27-20(28)13-30-22(27)17-4-2-3-5-19(17)26(21(22)29)14-25-10-8-24-9-11-25/h2-7,12,24H,8-11,13-14H2,1H3/t22-/m0/s1. The van der Waals surface area contributed by atoms with Crippen LogP contribution in [-0.4, -0.2) is 55.3 Å². The maximum atomic E-state index is 14.0. The van der Waals surface area contributed by atoms with Crippen molar-refractivity contribution < 1.29 is 9.59 Å². The molecule has 3 aliphatic rings. The van der Waals surface area contributed by atoms with Crippen molar-refractivity contribution in [2.75, 3.05) is 48.4 Å². The Bertz CT molecular complexity index is 1030. The van der Waals surface area contributed by atoms with E-state index in [0.29, 0.717) is 17.4 Å². The number of piperazine rings is 1. The monoisotopic (exact) mass is 442 g/mol. The summed E-state index contributed by atoms with van der Waals surface area (Å²) in [7, 11) is 0. The minimum atomic E-state index is -1.08. The fraction of sp³-hybridized carbons (Fsp3) is 0.364. The van der Waals surface area contributed by atoms with Crippen LogP contribution < -0.4 is 15.1 Å². The molecule has 8 heteroatoms. The number of nitrogens with zero attached hydrogens (tertiary/aromatic N) is 3. The van der Waals surface area contributed by atoms with Crippen molar-refractivity contribution in [3.63, 3.8) is 0 Å². The first-order chi connectivity index (χ1) is 14.5. The topological polar surface area (TPSA) is 55.9 Å². The maximum Gasteiger partial charge on any atom is 0.269 e. The predicted molar refractivity (Wildman–Crippen MR) is 121 cm³/mol. The highest BCUT2D eigenvalue weighted by Gasteiger charge is 2.61. The molecule has 156 valence electrons. The van der Waals surface area contributed by atoms with E-state index >= 15 is 0 Å². The van der Waals surface area contributed by atoms with E-state index in [2.05, 4.69) is 10.2 Å². The molecule has 2 aromatic carbocycles. The average Bonchev–Trinajstić information content (AvgIpc) is 3.22. The third-order valence-corrected chi connectivity index (χ3v) is 7.82. The van der Waals surface area contributed by atoms with Crippen LogP contribution in [0.15, 0.2) is 42.5 Å². The zero-order valence-corrected chi connectivity index (χ0v) is 18.3. The van der Waals surface area contributed by atoms with E-state index in [0.717, 1.165) is 43.0 Å². The van der Waals surface area contributed by atoms with Crippen LogP contribution in [-0.2, 0) is 14.5 Å². The van der Waals surface area contributed by atoms with Crippen molar-refractivity contribution in [3.8, 4) is 0 Å². The van der Waals surface area contributed by atoms with Gasteiger partial charge in [-0.05, 0) is 30.7 Å². The lowest BCUT2D eigenvalue weighted by Gasteiger charge is -2.35. The number of nitrogens with one attached hydrogen (secondary N) is 1. The molecule has 0 unspecified atom stereocenters. The van der Waals surface area contributed by atoms with Crippen molar-refractivity contribution in [2.45, 2.75) is 11.8 Å². The van der Waals surface area contributed by atoms with Gasteiger partial charge in [-0.25, -0.2) is 0 Å². The second-order valence-corrected chi connectivity index (χ2v) is 9.43. The second-order valence-electron chi connectivity index (χ2n) is 7.86. The van der Waals surface area contributed by atoms with E-state index in [9.17, 15) is 9.59 Å². The summed E-state index contributed by atoms with van der Waals surface area (Å²) in [5, 5.41) is 3.93. The van der Waals surface area contributed by atoms with Crippen LogP contribution in [0.25, 0.3) is 0 Å². The van der Waals surface area contributed by atoms with E-state index in [1.54, 1.807) is 11.0 Å². The molecule has 0 aliphatic carbocycles. The molecular formula is C22H23ClN4O2S. The molecule has 0 bridgehead atoms. The molecule has 1 spiro atoms. The number of hydrogen-bond acceptors (Lipinski definition) is 5. The van der Waals surface area contributed by atoms with Gasteiger partial charge in [0.15, 0.2) is 0 Å². The van der Waals surface area contributed by atoms with Crippen LogP contribution >= 0.6 is 23.4 Å². The molecule has 6 nitrogen and oxygen atoms in total. The number of hydrogen-bond donors (Lipinski definition) is 1. The van der Waals surface area contributed by atoms with Crippen molar-refractivity contribution in [1.82, 2.24) is 10.2 Å². The molecule has 3 aliphatic heterocycles. The fourth-order valence-corrected chi connectivity index (χ4v) is 6.00. The summed E-state index contributed by atoms with van der Waals surface area (Å²) in [4.78, 5) is 31.7. The summed E-state index contributed by atoms with van der Waals surface area (Å²) < 4.78 is 0. The quantitative estimate of drug-likeness (QED) is 0.792. The van der Waals surface area contributed by atoms with E-state index in [1.165, 1.54) is 11.8 Å². The number of amides is 2. The molecular weight excluding hydrogens is 420 g/mol. The first-order valence-electron chi connectivity index (χ1n) is 10.1. The smallest absolute Gasteiger partial charge is 0.269 e. The van der Waals surface area contributed by atoms with Gasteiger partial charge in [0, 0.05) is 42.5 Å². The van der Waals surface area contributed by atoms with Gasteiger partial charge in [-0.15, -0.1) is 11.8 Å². The largest absolute Gasteiger partial charge is 0.314 e. The SMILES string of the molecule is Cc1ccc(N2C(=O)CS[C@@]23C(=O)N(CN2CCNCC2)c2ccccc23)cc1Cl. The van der Waals surface area contributed by atoms with Gasteiger partial charge in [0.25, 0.3) is 5.91 Å². The van der Waals surface area contributed by atoms with Crippen LogP contribution in [0.5, 0.6) is 0 Å². The highest BCUT2D eigenvalue weighted by molar-refractivity contribution is 8.02. The first-order valence-corrected chi connectivity index (χ1v) is 11.5. The number of rotatable bonds is 3. The van der Waals surface area contributed by atoms with Gasteiger partial charge in [0.1, 0.15) is 0 Å². The van der Waals surface area contributed by atoms with E-state index < -0.39 is 4.87 Å². The Kier molecular flexibility index (Phi) is 5.01. The Morgan fingerprint density at radius 3 is 2.67 bits per heavy atom. The zero-order valence-electron chi connectivity index (χ0n) is 16.7. The number of para-hydroxylation sites is 1. The third-order valence-electron chi connectivity index (χ3n) is 6.03. The highest BCUT2D eigenvalue weighted by Crippen LogP contribution is 2.55. The normalized spacial score (nSPS) is 24.2. The molecule has 2 aromatic rings. The molecule has 0 aromatic heterocycles. The van der Waals surface area contributed by atoms with Crippen molar-refractivity contribution in [3.05, 3.63) is 58.6 Å². The number of anilines is 2. The van der Waals surface area contributed by atoms with Crippen molar-refractivity contribution in [2.24, 2.45) is 0 Å². The number of benzene rings is 2. The van der Waals surface area contributed by atoms with Crippen molar-refractivity contribution in [1.29, 1.82) is 0 Å². The number of halogens is 1. The average molecular weight is 443 g/mol. The second kappa shape index (κ2) is 7.57. The van der Waals surface area contributed by atoms with Crippen LogP contribution in [0.2, 0.25) is 5.02 Å². The van der Waals surface area contributed by atoms with Crippen molar-refractivity contribution >= 4 is 46.6 Å². The Morgan fingerprint density at radius 1 is 1.13 bits per heavy atom. The van der Waals surface area contributed by atoms with Gasteiger partial charge in [-0.2, -0.15) is 0 Å². The number of carbonyl (C=O) groups is 2. The summed E-state index contributed by atoms with van der Waals surface area (Å²) in [6.07, 6.45) is 0. The Balaban J connectivity index is 1.60. The fourth-order valence-electron chi connectivity index (χ4n) is 4.47. The number of aryl methyl sites for hydroxylation is 1. The molecule has 1 N–H and O–H groups in total. The van der Waals surface area contributed by atoms with Gasteiger partial charge in [0.05, 0.1) is 18.1 Å². The highest BCUT2D eigenvalue weighted by atomic mass is 35.5. The molecule has 0 saturated carbocycles. The summed E-state index contributed by atoms with van der Waals surface area (Å²) in [6, 6.07) is 13.4. The molecule has 0 radical (unpaired) electrons. The lowest BCUT2D eigenvalue weighted by molar-refractivity contribution is -0.124. The first kappa shape index (κ1) is 19.9. The zero-order chi connectivity index (χ0) is 20.9. The van der Waals surface area contributed by atoms with Crippen LogP contribution in [0, 0.1) is 6.92 Å². The summed E-state index contributed by atoms with van der Waals surface area (Å²) >= 11 is 7.78. The molecule has 3 heterocycles. The minimum Gasteiger partial charge on any atom is -0.314 e. The van der Waals surface area contributed by atoms with Crippen LogP contribution in [0.4, 0.5) is 11.4 Å². The Hall–Kier alpha value is -2.06. The summed E-state index contributed by atoms with van der Waals surface area (Å²) in [5.74, 6) is 0.120. The van der Waals surface area contributed by atoms with E-state index in [-0.39, 0.29) is 17.6 Å². The minimum absolute atomic E-state index is 0.0604.